The van der Waals surface area contributed by atoms with E-state index in [0.717, 1.165) is 22.3 Å². The van der Waals surface area contributed by atoms with E-state index in [1.807, 2.05) is 13.8 Å². The number of rotatable bonds is 7. The predicted octanol–water partition coefficient (Wildman–Crippen LogP) is 5.29. The van der Waals surface area contributed by atoms with Crippen LogP contribution in [0, 0.1) is 32.4 Å². The first-order chi connectivity index (χ1) is 12.7. The summed E-state index contributed by atoms with van der Waals surface area (Å²) in [5.41, 5.74) is 10.4. The van der Waals surface area contributed by atoms with E-state index in [1.54, 1.807) is 26.0 Å². The van der Waals surface area contributed by atoms with Crippen molar-refractivity contribution in [2.75, 3.05) is 6.61 Å². The second-order valence-corrected chi connectivity index (χ2v) is 6.91. The number of aryl methyl sites for hydroxylation is 3. The van der Waals surface area contributed by atoms with Crippen molar-refractivity contribution in [2.45, 2.75) is 53.0 Å². The molecule has 2 aromatic rings. The van der Waals surface area contributed by atoms with Crippen LogP contribution in [0.1, 0.15) is 54.5 Å². The molecule has 2 aromatic carbocycles. The number of esters is 1. The maximum atomic E-state index is 14.7. The zero-order valence-electron chi connectivity index (χ0n) is 16.4. The molecule has 0 radical (unpaired) electrons. The highest BCUT2D eigenvalue weighted by atomic mass is 19.1. The summed E-state index contributed by atoms with van der Waals surface area (Å²) in [6.45, 7) is 7.47. The van der Waals surface area contributed by atoms with Crippen LogP contribution in [0.15, 0.2) is 24.3 Å². The Labute approximate surface area is 159 Å². The number of nitrogens with two attached hydrogens (primary N) is 1. The molecule has 0 aliphatic carbocycles. The number of hydrogen-bond donors (Lipinski definition) is 1. The van der Waals surface area contributed by atoms with Crippen molar-refractivity contribution in [1.82, 2.24) is 0 Å². The minimum Gasteiger partial charge on any atom is -0.466 e. The average Bonchev–Trinajstić information content (AvgIpc) is 2.57. The minimum absolute atomic E-state index is 0.262. The van der Waals surface area contributed by atoms with Gasteiger partial charge in [-0.05, 0) is 92.6 Å². The third-order valence-corrected chi connectivity index (χ3v) is 4.67. The Morgan fingerprint density at radius 2 is 1.70 bits per heavy atom. The monoisotopic (exact) mass is 375 g/mol. The summed E-state index contributed by atoms with van der Waals surface area (Å²) in [5, 5.41) is 0. The molecule has 2 rings (SSSR count). The van der Waals surface area contributed by atoms with Crippen molar-refractivity contribution >= 4 is 5.97 Å². The fourth-order valence-corrected chi connectivity index (χ4v) is 3.43. The Kier molecular flexibility index (Phi) is 7.08. The van der Waals surface area contributed by atoms with Crippen LogP contribution in [0.3, 0.4) is 0 Å². The van der Waals surface area contributed by atoms with Crippen LogP contribution >= 0.6 is 0 Å². The van der Waals surface area contributed by atoms with E-state index in [0.29, 0.717) is 30.6 Å². The molecular formula is C22H27F2NO2. The van der Waals surface area contributed by atoms with Gasteiger partial charge in [-0.25, -0.2) is 8.78 Å². The van der Waals surface area contributed by atoms with Crippen LogP contribution in [-0.2, 0) is 9.53 Å². The molecule has 0 fully saturated rings. The van der Waals surface area contributed by atoms with Gasteiger partial charge < -0.3 is 10.5 Å². The molecule has 3 nitrogen and oxygen atoms in total. The molecule has 0 saturated heterocycles. The summed E-state index contributed by atoms with van der Waals surface area (Å²) in [5.74, 6) is -0.893. The predicted molar refractivity (Wildman–Crippen MR) is 103 cm³/mol. The SMILES string of the molecule is CCOC(=O)CCC[C@H](N)c1cc(-c2c(C)cc(F)cc2C)cc(C)c1F. The van der Waals surface area contributed by atoms with Crippen molar-refractivity contribution in [2.24, 2.45) is 5.73 Å². The van der Waals surface area contributed by atoms with Crippen LogP contribution in [0.2, 0.25) is 0 Å². The Bertz CT molecular complexity index is 810. The molecule has 0 aliphatic heterocycles. The number of hydrogen-bond acceptors (Lipinski definition) is 3. The van der Waals surface area contributed by atoms with Crippen molar-refractivity contribution in [1.29, 1.82) is 0 Å². The molecule has 0 aromatic heterocycles. The summed E-state index contributed by atoms with van der Waals surface area (Å²) in [7, 11) is 0. The first-order valence-corrected chi connectivity index (χ1v) is 9.23. The van der Waals surface area contributed by atoms with Crippen molar-refractivity contribution in [3.63, 3.8) is 0 Å². The molecule has 0 bridgehead atoms. The zero-order chi connectivity index (χ0) is 20.1. The molecule has 1 atom stereocenters. The lowest BCUT2D eigenvalue weighted by Crippen LogP contribution is -2.14. The van der Waals surface area contributed by atoms with Gasteiger partial charge in [-0.3, -0.25) is 4.79 Å². The Morgan fingerprint density at radius 1 is 1.07 bits per heavy atom. The summed E-state index contributed by atoms with van der Waals surface area (Å²) in [6, 6.07) is 5.92. The van der Waals surface area contributed by atoms with Gasteiger partial charge in [0.2, 0.25) is 0 Å². The van der Waals surface area contributed by atoms with Gasteiger partial charge in [0.05, 0.1) is 6.61 Å². The summed E-state index contributed by atoms with van der Waals surface area (Å²) in [4.78, 5) is 11.5. The first kappa shape index (κ1) is 21.0. The highest BCUT2D eigenvalue weighted by Crippen LogP contribution is 2.33. The largest absolute Gasteiger partial charge is 0.466 e. The van der Waals surface area contributed by atoms with Crippen LogP contribution in [-0.4, -0.2) is 12.6 Å². The third kappa shape index (κ3) is 5.13. The average molecular weight is 375 g/mol. The topological polar surface area (TPSA) is 52.3 Å². The van der Waals surface area contributed by atoms with Gasteiger partial charge >= 0.3 is 5.97 Å². The molecule has 5 heteroatoms. The highest BCUT2D eigenvalue weighted by Gasteiger charge is 2.18. The quantitative estimate of drug-likeness (QED) is 0.669. The van der Waals surface area contributed by atoms with E-state index >= 15 is 0 Å². The lowest BCUT2D eigenvalue weighted by molar-refractivity contribution is -0.143. The molecule has 0 spiro atoms. The van der Waals surface area contributed by atoms with Gasteiger partial charge in [0.15, 0.2) is 0 Å². The molecule has 0 unspecified atom stereocenters. The molecule has 0 heterocycles. The fraction of sp³-hybridized carbons (Fsp3) is 0.409. The van der Waals surface area contributed by atoms with Gasteiger partial charge in [-0.15, -0.1) is 0 Å². The molecule has 0 amide bonds. The van der Waals surface area contributed by atoms with Gasteiger partial charge in [0.1, 0.15) is 11.6 Å². The highest BCUT2D eigenvalue weighted by molar-refractivity contribution is 5.72. The van der Waals surface area contributed by atoms with Gasteiger partial charge in [0, 0.05) is 18.0 Å². The second kappa shape index (κ2) is 9.09. The Balaban J connectivity index is 2.30. The smallest absolute Gasteiger partial charge is 0.305 e. The van der Waals surface area contributed by atoms with Crippen LogP contribution in [0.5, 0.6) is 0 Å². The fourth-order valence-electron chi connectivity index (χ4n) is 3.43. The number of carbonyl (C=O) groups is 1. The van der Waals surface area contributed by atoms with E-state index in [1.165, 1.54) is 12.1 Å². The van der Waals surface area contributed by atoms with Crippen molar-refractivity contribution < 1.29 is 18.3 Å². The van der Waals surface area contributed by atoms with E-state index < -0.39 is 6.04 Å². The van der Waals surface area contributed by atoms with Gasteiger partial charge in [0.25, 0.3) is 0 Å². The number of benzene rings is 2. The van der Waals surface area contributed by atoms with Crippen LogP contribution in [0.25, 0.3) is 11.1 Å². The standard InChI is InChI=1S/C22H27F2NO2/c1-5-27-20(26)8-6-7-19(25)18-12-16(9-15(4)22(18)24)21-13(2)10-17(23)11-14(21)3/h9-12,19H,5-8,25H2,1-4H3/t19-/m0/s1. The van der Waals surface area contributed by atoms with Crippen LogP contribution in [0.4, 0.5) is 8.78 Å². The third-order valence-electron chi connectivity index (χ3n) is 4.67. The minimum atomic E-state index is -0.529. The van der Waals surface area contributed by atoms with Crippen molar-refractivity contribution in [3.05, 3.63) is 58.2 Å². The zero-order valence-corrected chi connectivity index (χ0v) is 16.4. The summed E-state index contributed by atoms with van der Waals surface area (Å²) >= 11 is 0. The van der Waals surface area contributed by atoms with Crippen LogP contribution < -0.4 is 5.73 Å². The van der Waals surface area contributed by atoms with Gasteiger partial charge in [-0.1, -0.05) is 0 Å². The molecule has 0 saturated carbocycles. The lowest BCUT2D eigenvalue weighted by Gasteiger charge is -2.18. The van der Waals surface area contributed by atoms with Crippen molar-refractivity contribution in [3.8, 4) is 11.1 Å². The summed E-state index contributed by atoms with van der Waals surface area (Å²) < 4.78 is 33.2. The molecular weight excluding hydrogens is 348 g/mol. The maximum absolute atomic E-state index is 14.7. The first-order valence-electron chi connectivity index (χ1n) is 9.23. The Hall–Kier alpha value is -2.27. The lowest BCUT2D eigenvalue weighted by atomic mass is 9.90. The molecule has 2 N–H and O–H groups in total. The number of carbonyl (C=O) groups excluding carboxylic acids is 1. The second-order valence-electron chi connectivity index (χ2n) is 6.91. The summed E-state index contributed by atoms with van der Waals surface area (Å²) in [6.07, 6.45) is 1.26. The van der Waals surface area contributed by atoms with E-state index in [2.05, 4.69) is 0 Å². The molecule has 27 heavy (non-hydrogen) atoms. The van der Waals surface area contributed by atoms with E-state index in [4.69, 9.17) is 10.5 Å². The maximum Gasteiger partial charge on any atom is 0.305 e. The molecule has 146 valence electrons. The molecule has 0 aliphatic rings. The van der Waals surface area contributed by atoms with E-state index in [-0.39, 0.29) is 24.0 Å². The van der Waals surface area contributed by atoms with Gasteiger partial charge in [-0.2, -0.15) is 0 Å². The Morgan fingerprint density at radius 3 is 2.30 bits per heavy atom. The number of ether oxygens (including phenoxy) is 1. The van der Waals surface area contributed by atoms with E-state index in [9.17, 15) is 13.6 Å². The normalized spacial score (nSPS) is 12.1. The number of halogens is 2.